The topological polar surface area (TPSA) is 64.6 Å². The molecular formula is C13H14NO4P. The van der Waals surface area contributed by atoms with Crippen LogP contribution in [0.5, 0.6) is 0 Å². The van der Waals surface area contributed by atoms with Crippen LogP contribution in [0, 0.1) is 0 Å². The molecule has 1 amide bonds. The molecule has 0 atom stereocenters. The minimum absolute atomic E-state index is 0.424. The molecule has 100 valence electrons. The molecule has 0 heterocycles. The molecule has 6 heteroatoms. The lowest BCUT2D eigenvalue weighted by Gasteiger charge is -2.15. The molecule has 2 aromatic carbocycles. The third-order valence-corrected chi connectivity index (χ3v) is 4.19. The Bertz CT molecular complexity index is 643. The van der Waals surface area contributed by atoms with Gasteiger partial charge in [0.1, 0.15) is 0 Å². The van der Waals surface area contributed by atoms with Gasteiger partial charge in [-0.1, -0.05) is 36.4 Å². The third kappa shape index (κ3) is 2.84. The van der Waals surface area contributed by atoms with E-state index < -0.39 is 13.7 Å². The van der Waals surface area contributed by atoms with Gasteiger partial charge in [0.2, 0.25) is 0 Å². The van der Waals surface area contributed by atoms with Crippen LogP contribution in [-0.4, -0.2) is 20.1 Å². The van der Waals surface area contributed by atoms with Crippen LogP contribution in [0.3, 0.4) is 0 Å². The number of hydrogen-bond acceptors (Lipinski definition) is 4. The van der Waals surface area contributed by atoms with E-state index in [4.69, 9.17) is 9.05 Å². The molecule has 5 nitrogen and oxygen atoms in total. The van der Waals surface area contributed by atoms with Gasteiger partial charge in [0.15, 0.2) is 0 Å². The van der Waals surface area contributed by atoms with Crippen LogP contribution in [0.1, 0.15) is 10.4 Å². The van der Waals surface area contributed by atoms with Gasteiger partial charge in [-0.05, 0) is 16.8 Å². The van der Waals surface area contributed by atoms with E-state index in [1.54, 1.807) is 12.1 Å². The van der Waals surface area contributed by atoms with Crippen LogP contribution in [0.25, 0.3) is 10.8 Å². The maximum atomic E-state index is 12.1. The summed E-state index contributed by atoms with van der Waals surface area (Å²) in [6.45, 7) is 0. The fourth-order valence-electron chi connectivity index (χ4n) is 1.77. The van der Waals surface area contributed by atoms with Crippen molar-refractivity contribution in [2.45, 2.75) is 0 Å². The molecule has 0 aromatic heterocycles. The van der Waals surface area contributed by atoms with E-state index in [0.29, 0.717) is 5.56 Å². The largest absolute Gasteiger partial charge is 0.434 e. The molecular weight excluding hydrogens is 265 g/mol. The highest BCUT2D eigenvalue weighted by atomic mass is 31.2. The molecule has 0 bridgehead atoms. The Balaban J connectivity index is 2.40. The Morgan fingerprint density at radius 2 is 1.68 bits per heavy atom. The number of carbonyl (C=O) groups excluding carboxylic acids is 1. The lowest BCUT2D eigenvalue weighted by atomic mass is 10.0. The minimum atomic E-state index is -3.58. The number of benzene rings is 2. The molecule has 0 fully saturated rings. The standard InChI is InChI=1S/C13H14NO4P/c1-17-19(16,18-2)14-13(15)12-9-5-7-10-6-3-4-8-11(10)12/h3-9H,1-2H3,(H,14,15,16). The summed E-state index contributed by atoms with van der Waals surface area (Å²) in [7, 11) is -1.15. The first-order valence-electron chi connectivity index (χ1n) is 5.61. The first kappa shape index (κ1) is 13.7. The molecule has 0 aliphatic heterocycles. The molecule has 0 spiro atoms. The summed E-state index contributed by atoms with van der Waals surface area (Å²) in [4.78, 5) is 12.1. The second-order valence-corrected chi connectivity index (χ2v) is 5.78. The van der Waals surface area contributed by atoms with Gasteiger partial charge in [-0.25, -0.2) is 4.57 Å². The zero-order chi connectivity index (χ0) is 13.9. The van der Waals surface area contributed by atoms with Crippen molar-refractivity contribution < 1.29 is 18.4 Å². The Morgan fingerprint density at radius 1 is 1.05 bits per heavy atom. The molecule has 19 heavy (non-hydrogen) atoms. The molecule has 1 N–H and O–H groups in total. The fourth-order valence-corrected chi connectivity index (χ4v) is 2.47. The van der Waals surface area contributed by atoms with Gasteiger partial charge in [-0.15, -0.1) is 0 Å². The third-order valence-electron chi connectivity index (χ3n) is 2.75. The lowest BCUT2D eigenvalue weighted by Crippen LogP contribution is -2.22. The summed E-state index contributed by atoms with van der Waals surface area (Å²) >= 11 is 0. The van der Waals surface area contributed by atoms with Crippen molar-refractivity contribution in [2.24, 2.45) is 0 Å². The summed E-state index contributed by atoms with van der Waals surface area (Å²) < 4.78 is 21.3. The monoisotopic (exact) mass is 279 g/mol. The zero-order valence-electron chi connectivity index (χ0n) is 10.6. The van der Waals surface area contributed by atoms with Crippen molar-refractivity contribution in [1.29, 1.82) is 0 Å². The highest BCUT2D eigenvalue weighted by Crippen LogP contribution is 2.41. The highest BCUT2D eigenvalue weighted by Gasteiger charge is 2.25. The predicted octanol–water partition coefficient (Wildman–Crippen LogP) is 2.97. The normalized spacial score (nSPS) is 11.5. The fraction of sp³-hybridized carbons (Fsp3) is 0.154. The van der Waals surface area contributed by atoms with Crippen LogP contribution in [0.4, 0.5) is 0 Å². The maximum absolute atomic E-state index is 12.1. The predicted molar refractivity (Wildman–Crippen MR) is 73.0 cm³/mol. The van der Waals surface area contributed by atoms with Crippen molar-refractivity contribution in [3.05, 3.63) is 48.0 Å². The van der Waals surface area contributed by atoms with Crippen molar-refractivity contribution in [2.75, 3.05) is 14.2 Å². The van der Waals surface area contributed by atoms with Gasteiger partial charge >= 0.3 is 7.75 Å². The van der Waals surface area contributed by atoms with Gasteiger partial charge in [0.25, 0.3) is 5.91 Å². The number of hydrogen-bond donors (Lipinski definition) is 1. The zero-order valence-corrected chi connectivity index (χ0v) is 11.5. The van der Waals surface area contributed by atoms with Crippen LogP contribution >= 0.6 is 7.75 Å². The number of carbonyl (C=O) groups is 1. The van der Waals surface area contributed by atoms with Gasteiger partial charge in [-0.3, -0.25) is 18.9 Å². The summed E-state index contributed by atoms with van der Waals surface area (Å²) in [5.41, 5.74) is 0.424. The molecule has 0 radical (unpaired) electrons. The summed E-state index contributed by atoms with van der Waals surface area (Å²) in [6.07, 6.45) is 0. The van der Waals surface area contributed by atoms with Gasteiger partial charge in [0, 0.05) is 19.8 Å². The highest BCUT2D eigenvalue weighted by molar-refractivity contribution is 7.52. The molecule has 0 saturated carbocycles. The van der Waals surface area contributed by atoms with Gasteiger partial charge in [-0.2, -0.15) is 0 Å². The van der Waals surface area contributed by atoms with Crippen LogP contribution < -0.4 is 5.09 Å². The van der Waals surface area contributed by atoms with E-state index in [1.807, 2.05) is 30.3 Å². The van der Waals surface area contributed by atoms with Crippen molar-refractivity contribution in [1.82, 2.24) is 5.09 Å². The average Bonchev–Trinajstić information content (AvgIpc) is 2.46. The SMILES string of the molecule is COP(=O)(NC(=O)c1cccc2ccccc12)OC. The first-order valence-corrected chi connectivity index (χ1v) is 7.16. The second kappa shape index (κ2) is 5.53. The number of fused-ring (bicyclic) bond motifs is 1. The Hall–Kier alpha value is -1.68. The number of rotatable bonds is 4. The molecule has 2 aromatic rings. The summed E-state index contributed by atoms with van der Waals surface area (Å²) in [5.74, 6) is -0.496. The minimum Gasteiger partial charge on any atom is -0.296 e. The lowest BCUT2D eigenvalue weighted by molar-refractivity contribution is 0.0968. The van der Waals surface area contributed by atoms with Gasteiger partial charge in [0.05, 0.1) is 0 Å². The van der Waals surface area contributed by atoms with Crippen LogP contribution in [0.2, 0.25) is 0 Å². The smallest absolute Gasteiger partial charge is 0.296 e. The summed E-state index contributed by atoms with van der Waals surface area (Å²) in [5, 5.41) is 3.98. The van der Waals surface area contributed by atoms with Crippen LogP contribution in [-0.2, 0) is 13.6 Å². The molecule has 0 aliphatic rings. The first-order chi connectivity index (χ1) is 9.09. The molecule has 0 saturated heterocycles. The van der Waals surface area contributed by atoms with Crippen molar-refractivity contribution in [3.8, 4) is 0 Å². The van der Waals surface area contributed by atoms with Gasteiger partial charge < -0.3 is 0 Å². The Kier molecular flexibility index (Phi) is 4.00. The Labute approximate surface area is 111 Å². The van der Waals surface area contributed by atoms with Crippen molar-refractivity contribution in [3.63, 3.8) is 0 Å². The number of amides is 1. The van der Waals surface area contributed by atoms with E-state index >= 15 is 0 Å². The van der Waals surface area contributed by atoms with E-state index in [2.05, 4.69) is 5.09 Å². The van der Waals surface area contributed by atoms with E-state index in [-0.39, 0.29) is 0 Å². The van der Waals surface area contributed by atoms with E-state index in [1.165, 1.54) is 14.2 Å². The van der Waals surface area contributed by atoms with E-state index in [0.717, 1.165) is 10.8 Å². The molecule has 0 unspecified atom stereocenters. The quantitative estimate of drug-likeness (QED) is 0.874. The Morgan fingerprint density at radius 3 is 2.37 bits per heavy atom. The molecule has 0 aliphatic carbocycles. The second-order valence-electron chi connectivity index (χ2n) is 3.83. The molecule has 2 rings (SSSR count). The van der Waals surface area contributed by atoms with Crippen molar-refractivity contribution >= 4 is 24.4 Å². The average molecular weight is 279 g/mol. The number of nitrogens with one attached hydrogen (secondary N) is 1. The summed E-state index contributed by atoms with van der Waals surface area (Å²) in [6, 6.07) is 12.8. The van der Waals surface area contributed by atoms with E-state index in [9.17, 15) is 9.36 Å². The van der Waals surface area contributed by atoms with Crippen LogP contribution in [0.15, 0.2) is 42.5 Å². The maximum Gasteiger partial charge on any atom is 0.434 e.